The topological polar surface area (TPSA) is 43.8 Å². The Bertz CT molecular complexity index is 657. The van der Waals surface area contributed by atoms with Crippen LogP contribution in [-0.2, 0) is 6.54 Å². The maximum atomic E-state index is 6.04. The fraction of sp³-hybridized carbons (Fsp3) is 0.0625. The zero-order valence-electron chi connectivity index (χ0n) is 10.5. The van der Waals surface area contributed by atoms with Crippen LogP contribution in [0.4, 0.5) is 5.69 Å². The molecule has 19 heavy (non-hydrogen) atoms. The number of nitrogen functional groups attached to an aromatic ring is 1. The van der Waals surface area contributed by atoms with Gasteiger partial charge in [0, 0.05) is 5.56 Å². The van der Waals surface area contributed by atoms with Gasteiger partial charge in [0.25, 0.3) is 0 Å². The van der Waals surface area contributed by atoms with E-state index in [0.29, 0.717) is 5.69 Å². The van der Waals surface area contributed by atoms with Gasteiger partial charge in [0.1, 0.15) is 0 Å². The first-order valence-corrected chi connectivity index (χ1v) is 6.25. The van der Waals surface area contributed by atoms with Crippen LogP contribution in [0.25, 0.3) is 11.3 Å². The molecule has 1 aromatic heterocycles. The second kappa shape index (κ2) is 4.98. The highest BCUT2D eigenvalue weighted by atomic mass is 15.3. The van der Waals surface area contributed by atoms with Crippen molar-refractivity contribution in [1.82, 2.24) is 9.78 Å². The van der Waals surface area contributed by atoms with Crippen molar-refractivity contribution in [3.63, 3.8) is 0 Å². The molecule has 3 rings (SSSR count). The maximum absolute atomic E-state index is 6.04. The minimum Gasteiger partial charge on any atom is -0.396 e. The van der Waals surface area contributed by atoms with Crippen LogP contribution in [0, 0.1) is 0 Å². The quantitative estimate of drug-likeness (QED) is 0.774. The predicted molar refractivity (Wildman–Crippen MR) is 77.6 cm³/mol. The summed E-state index contributed by atoms with van der Waals surface area (Å²) in [4.78, 5) is 0. The van der Waals surface area contributed by atoms with E-state index in [1.807, 2.05) is 41.1 Å². The van der Waals surface area contributed by atoms with Crippen LogP contribution >= 0.6 is 0 Å². The van der Waals surface area contributed by atoms with Gasteiger partial charge in [0.2, 0.25) is 0 Å². The summed E-state index contributed by atoms with van der Waals surface area (Å²) in [6, 6.07) is 20.4. The van der Waals surface area contributed by atoms with Gasteiger partial charge in [-0.05, 0) is 5.56 Å². The van der Waals surface area contributed by atoms with Gasteiger partial charge in [-0.1, -0.05) is 60.7 Å². The van der Waals surface area contributed by atoms with E-state index in [0.717, 1.165) is 17.8 Å². The molecule has 3 nitrogen and oxygen atoms in total. The number of nitrogens with zero attached hydrogens (tertiary/aromatic N) is 2. The molecule has 0 radical (unpaired) electrons. The van der Waals surface area contributed by atoms with Gasteiger partial charge in [-0.15, -0.1) is 0 Å². The molecule has 0 unspecified atom stereocenters. The van der Waals surface area contributed by atoms with E-state index >= 15 is 0 Å². The summed E-state index contributed by atoms with van der Waals surface area (Å²) in [5.74, 6) is 0. The smallest absolute Gasteiger partial charge is 0.0916 e. The largest absolute Gasteiger partial charge is 0.396 e. The lowest BCUT2D eigenvalue weighted by atomic mass is 10.1. The monoisotopic (exact) mass is 249 g/mol. The summed E-state index contributed by atoms with van der Waals surface area (Å²) < 4.78 is 1.94. The van der Waals surface area contributed by atoms with E-state index in [2.05, 4.69) is 29.4 Å². The Morgan fingerprint density at radius 3 is 2.21 bits per heavy atom. The maximum Gasteiger partial charge on any atom is 0.0916 e. The molecule has 2 aromatic carbocycles. The molecule has 2 N–H and O–H groups in total. The fourth-order valence-electron chi connectivity index (χ4n) is 2.19. The van der Waals surface area contributed by atoms with Crippen LogP contribution in [0.3, 0.4) is 0 Å². The van der Waals surface area contributed by atoms with E-state index in [-0.39, 0.29) is 0 Å². The highest BCUT2D eigenvalue weighted by Crippen LogP contribution is 2.25. The normalized spacial score (nSPS) is 10.5. The molecule has 0 amide bonds. The molecule has 3 aromatic rings. The number of aromatic nitrogens is 2. The number of nitrogens with two attached hydrogens (primary N) is 1. The number of rotatable bonds is 3. The molecular formula is C16H15N3. The van der Waals surface area contributed by atoms with Crippen LogP contribution in [0.2, 0.25) is 0 Å². The molecule has 0 atom stereocenters. The third kappa shape index (κ3) is 2.36. The summed E-state index contributed by atoms with van der Waals surface area (Å²) in [6.07, 6.45) is 1.71. The van der Waals surface area contributed by atoms with Crippen LogP contribution < -0.4 is 5.73 Å². The average molecular weight is 249 g/mol. The zero-order chi connectivity index (χ0) is 13.1. The molecule has 0 aliphatic heterocycles. The molecule has 1 heterocycles. The Kier molecular flexibility index (Phi) is 3.02. The van der Waals surface area contributed by atoms with Crippen molar-refractivity contribution in [2.45, 2.75) is 6.54 Å². The van der Waals surface area contributed by atoms with Gasteiger partial charge >= 0.3 is 0 Å². The SMILES string of the molecule is Nc1cnn(Cc2ccccc2)c1-c1ccccc1. The first-order chi connectivity index (χ1) is 9.34. The van der Waals surface area contributed by atoms with Crippen molar-refractivity contribution in [2.24, 2.45) is 0 Å². The van der Waals surface area contributed by atoms with Gasteiger partial charge in [-0.25, -0.2) is 0 Å². The lowest BCUT2D eigenvalue weighted by Crippen LogP contribution is -2.04. The van der Waals surface area contributed by atoms with Gasteiger partial charge in [-0.2, -0.15) is 5.10 Å². The third-order valence-electron chi connectivity index (χ3n) is 3.09. The first-order valence-electron chi connectivity index (χ1n) is 6.25. The van der Waals surface area contributed by atoms with E-state index < -0.39 is 0 Å². The van der Waals surface area contributed by atoms with Gasteiger partial charge in [0.15, 0.2) is 0 Å². The highest BCUT2D eigenvalue weighted by Gasteiger charge is 2.10. The summed E-state index contributed by atoms with van der Waals surface area (Å²) in [6.45, 7) is 0.724. The second-order valence-corrected chi connectivity index (χ2v) is 4.46. The second-order valence-electron chi connectivity index (χ2n) is 4.46. The van der Waals surface area contributed by atoms with Crippen molar-refractivity contribution in [1.29, 1.82) is 0 Å². The summed E-state index contributed by atoms with van der Waals surface area (Å²) >= 11 is 0. The van der Waals surface area contributed by atoms with Gasteiger partial charge in [-0.3, -0.25) is 4.68 Å². The lowest BCUT2D eigenvalue weighted by molar-refractivity contribution is 0.694. The molecule has 0 saturated carbocycles. The molecule has 94 valence electrons. The molecule has 0 aliphatic carbocycles. The van der Waals surface area contributed by atoms with Crippen molar-refractivity contribution in [3.05, 3.63) is 72.4 Å². The number of benzene rings is 2. The molecule has 0 fully saturated rings. The van der Waals surface area contributed by atoms with Crippen LogP contribution in [0.15, 0.2) is 66.9 Å². The highest BCUT2D eigenvalue weighted by molar-refractivity contribution is 5.72. The number of anilines is 1. The van der Waals surface area contributed by atoms with Crippen molar-refractivity contribution in [3.8, 4) is 11.3 Å². The zero-order valence-corrected chi connectivity index (χ0v) is 10.5. The Morgan fingerprint density at radius 1 is 0.895 bits per heavy atom. The van der Waals surface area contributed by atoms with Crippen molar-refractivity contribution < 1.29 is 0 Å². The summed E-state index contributed by atoms with van der Waals surface area (Å²) in [7, 11) is 0. The van der Waals surface area contributed by atoms with Gasteiger partial charge in [0.05, 0.1) is 24.1 Å². The molecule has 0 bridgehead atoms. The third-order valence-corrected chi connectivity index (χ3v) is 3.09. The Labute approximate surface area is 112 Å². The predicted octanol–water partition coefficient (Wildman–Crippen LogP) is 3.18. The van der Waals surface area contributed by atoms with Gasteiger partial charge < -0.3 is 5.73 Å². The number of hydrogen-bond acceptors (Lipinski definition) is 2. The number of hydrogen-bond donors (Lipinski definition) is 1. The lowest BCUT2D eigenvalue weighted by Gasteiger charge is -2.08. The molecule has 3 heteroatoms. The van der Waals surface area contributed by atoms with Crippen LogP contribution in [-0.4, -0.2) is 9.78 Å². The Balaban J connectivity index is 2.00. The fourth-order valence-corrected chi connectivity index (χ4v) is 2.19. The van der Waals surface area contributed by atoms with E-state index in [1.54, 1.807) is 6.20 Å². The van der Waals surface area contributed by atoms with Crippen molar-refractivity contribution >= 4 is 5.69 Å². The summed E-state index contributed by atoms with van der Waals surface area (Å²) in [5.41, 5.74) is 10.0. The van der Waals surface area contributed by atoms with E-state index in [4.69, 9.17) is 5.73 Å². The molecule has 0 aliphatic rings. The minimum atomic E-state index is 0.710. The standard InChI is InChI=1S/C16H15N3/c17-15-11-18-19(12-13-7-3-1-4-8-13)16(15)14-9-5-2-6-10-14/h1-11H,12,17H2. The van der Waals surface area contributed by atoms with Crippen LogP contribution in [0.5, 0.6) is 0 Å². The first kappa shape index (κ1) is 11.5. The molecular weight excluding hydrogens is 234 g/mol. The Hall–Kier alpha value is -2.55. The average Bonchev–Trinajstić information content (AvgIpc) is 2.82. The minimum absolute atomic E-state index is 0.710. The van der Waals surface area contributed by atoms with E-state index in [1.165, 1.54) is 5.56 Å². The van der Waals surface area contributed by atoms with Crippen LogP contribution in [0.1, 0.15) is 5.56 Å². The molecule has 0 saturated heterocycles. The van der Waals surface area contributed by atoms with Crippen molar-refractivity contribution in [2.75, 3.05) is 5.73 Å². The molecule has 0 spiro atoms. The summed E-state index contributed by atoms with van der Waals surface area (Å²) in [5, 5.41) is 4.38. The Morgan fingerprint density at radius 2 is 1.53 bits per heavy atom. The van der Waals surface area contributed by atoms with E-state index in [9.17, 15) is 0 Å².